The molecule has 0 N–H and O–H groups in total. The molecule has 0 nitrogen and oxygen atoms in total. The highest BCUT2D eigenvalue weighted by molar-refractivity contribution is 5.23. The molecule has 3 atom stereocenters. The van der Waals surface area contributed by atoms with E-state index in [0.29, 0.717) is 5.41 Å². The van der Waals surface area contributed by atoms with Gasteiger partial charge in [0.15, 0.2) is 0 Å². The predicted octanol–water partition coefficient (Wildman–Crippen LogP) is 3.32. The molecule has 0 aliphatic heterocycles. The van der Waals surface area contributed by atoms with E-state index in [1.54, 1.807) is 0 Å². The van der Waals surface area contributed by atoms with E-state index in [0.717, 1.165) is 23.2 Å². The first-order valence-electron chi connectivity index (χ1n) is 4.95. The monoisotopic (exact) mass is 152 g/mol. The Morgan fingerprint density at radius 1 is 1.00 bits per heavy atom. The molecule has 2 rings (SSSR count). The second-order valence-electron chi connectivity index (χ2n) is 5.41. The molecule has 2 saturated carbocycles. The SMILES string of the molecule is CC1CC(C)C12C(C)C2(C)C. The zero-order valence-corrected chi connectivity index (χ0v) is 8.44. The zero-order chi connectivity index (χ0) is 8.44. The summed E-state index contributed by atoms with van der Waals surface area (Å²) in [5.74, 6) is 2.94. The van der Waals surface area contributed by atoms with Gasteiger partial charge in [-0.15, -0.1) is 0 Å². The van der Waals surface area contributed by atoms with Gasteiger partial charge in [-0.05, 0) is 35.0 Å². The third-order valence-electron chi connectivity index (χ3n) is 5.17. The smallest absolute Gasteiger partial charge is 0.0161 e. The summed E-state index contributed by atoms with van der Waals surface area (Å²) in [6.07, 6.45) is 1.47. The van der Waals surface area contributed by atoms with Crippen LogP contribution in [-0.4, -0.2) is 0 Å². The van der Waals surface area contributed by atoms with Crippen LogP contribution >= 0.6 is 0 Å². The Kier molecular flexibility index (Phi) is 1.16. The quantitative estimate of drug-likeness (QED) is 0.499. The van der Waals surface area contributed by atoms with E-state index >= 15 is 0 Å². The highest BCUT2D eigenvalue weighted by Gasteiger charge is 2.76. The molecular formula is C11H20. The van der Waals surface area contributed by atoms with E-state index in [1.165, 1.54) is 6.42 Å². The van der Waals surface area contributed by atoms with Gasteiger partial charge in [0.05, 0.1) is 0 Å². The predicted molar refractivity (Wildman–Crippen MR) is 48.3 cm³/mol. The molecular weight excluding hydrogens is 132 g/mol. The van der Waals surface area contributed by atoms with E-state index in [2.05, 4.69) is 34.6 Å². The van der Waals surface area contributed by atoms with Crippen molar-refractivity contribution in [2.75, 3.05) is 0 Å². The van der Waals surface area contributed by atoms with Crippen molar-refractivity contribution in [1.82, 2.24) is 0 Å². The highest BCUT2D eigenvalue weighted by atomic mass is 14.8. The molecule has 0 saturated heterocycles. The number of hydrogen-bond donors (Lipinski definition) is 0. The van der Waals surface area contributed by atoms with E-state index in [1.807, 2.05) is 0 Å². The molecule has 0 aromatic heterocycles. The van der Waals surface area contributed by atoms with Gasteiger partial charge in [0, 0.05) is 0 Å². The fraction of sp³-hybridized carbons (Fsp3) is 1.00. The molecule has 2 aliphatic carbocycles. The standard InChI is InChI=1S/C11H20/c1-7-6-8(2)11(7)9(3)10(11,4)5/h7-9H,6H2,1-5H3. The van der Waals surface area contributed by atoms with Crippen molar-refractivity contribution in [2.24, 2.45) is 28.6 Å². The summed E-state index contributed by atoms with van der Waals surface area (Å²) < 4.78 is 0. The van der Waals surface area contributed by atoms with Crippen LogP contribution in [0, 0.1) is 28.6 Å². The molecule has 0 amide bonds. The summed E-state index contributed by atoms with van der Waals surface area (Å²) in [6, 6.07) is 0. The Bertz CT molecular complexity index is 182. The van der Waals surface area contributed by atoms with E-state index in [4.69, 9.17) is 0 Å². The number of rotatable bonds is 0. The largest absolute Gasteiger partial charge is 0.0619 e. The van der Waals surface area contributed by atoms with E-state index < -0.39 is 0 Å². The summed E-state index contributed by atoms with van der Waals surface area (Å²) in [4.78, 5) is 0. The molecule has 0 aromatic carbocycles. The molecule has 64 valence electrons. The lowest BCUT2D eigenvalue weighted by atomic mass is 9.59. The van der Waals surface area contributed by atoms with Crippen molar-refractivity contribution >= 4 is 0 Å². The second kappa shape index (κ2) is 1.67. The lowest BCUT2D eigenvalue weighted by molar-refractivity contribution is 0.0296. The maximum Gasteiger partial charge on any atom is -0.0161 e. The second-order valence-corrected chi connectivity index (χ2v) is 5.41. The normalized spacial score (nSPS) is 59.2. The average Bonchev–Trinajstić information content (AvgIpc) is 2.32. The van der Waals surface area contributed by atoms with Gasteiger partial charge in [0.2, 0.25) is 0 Å². The molecule has 2 aliphatic rings. The van der Waals surface area contributed by atoms with Crippen LogP contribution in [0.25, 0.3) is 0 Å². The molecule has 1 spiro atoms. The fourth-order valence-corrected chi connectivity index (χ4v) is 4.47. The minimum Gasteiger partial charge on any atom is -0.0619 e. The van der Waals surface area contributed by atoms with Gasteiger partial charge in [0.1, 0.15) is 0 Å². The van der Waals surface area contributed by atoms with Crippen molar-refractivity contribution in [2.45, 2.75) is 41.0 Å². The molecule has 0 aromatic rings. The minimum atomic E-state index is 0.643. The Hall–Kier alpha value is 0. The van der Waals surface area contributed by atoms with Crippen molar-refractivity contribution in [3.8, 4) is 0 Å². The van der Waals surface area contributed by atoms with Crippen LogP contribution in [0.4, 0.5) is 0 Å². The Morgan fingerprint density at radius 2 is 1.36 bits per heavy atom. The first-order chi connectivity index (χ1) is 4.95. The van der Waals surface area contributed by atoms with Crippen LogP contribution in [0.15, 0.2) is 0 Å². The first-order valence-corrected chi connectivity index (χ1v) is 4.95. The third-order valence-corrected chi connectivity index (χ3v) is 5.17. The molecule has 0 radical (unpaired) electrons. The van der Waals surface area contributed by atoms with E-state index in [-0.39, 0.29) is 0 Å². The topological polar surface area (TPSA) is 0 Å². The van der Waals surface area contributed by atoms with Crippen molar-refractivity contribution in [1.29, 1.82) is 0 Å². The Morgan fingerprint density at radius 3 is 1.45 bits per heavy atom. The van der Waals surface area contributed by atoms with Gasteiger partial charge in [-0.3, -0.25) is 0 Å². The van der Waals surface area contributed by atoms with Gasteiger partial charge in [-0.2, -0.15) is 0 Å². The lowest BCUT2D eigenvalue weighted by Gasteiger charge is -2.45. The summed E-state index contributed by atoms with van der Waals surface area (Å²) in [7, 11) is 0. The molecule has 3 unspecified atom stereocenters. The van der Waals surface area contributed by atoms with Gasteiger partial charge in [0.25, 0.3) is 0 Å². The van der Waals surface area contributed by atoms with Crippen LogP contribution in [0.2, 0.25) is 0 Å². The molecule has 11 heavy (non-hydrogen) atoms. The average molecular weight is 152 g/mol. The van der Waals surface area contributed by atoms with Gasteiger partial charge in [-0.1, -0.05) is 34.6 Å². The first kappa shape index (κ1) is 7.64. The van der Waals surface area contributed by atoms with Crippen molar-refractivity contribution in [3.05, 3.63) is 0 Å². The van der Waals surface area contributed by atoms with Gasteiger partial charge >= 0.3 is 0 Å². The van der Waals surface area contributed by atoms with Gasteiger partial charge in [-0.25, -0.2) is 0 Å². The lowest BCUT2D eigenvalue weighted by Crippen LogP contribution is -2.39. The maximum absolute atomic E-state index is 2.45. The summed E-state index contributed by atoms with van der Waals surface area (Å²) >= 11 is 0. The Balaban J connectivity index is 2.27. The van der Waals surface area contributed by atoms with Crippen LogP contribution in [0.5, 0.6) is 0 Å². The van der Waals surface area contributed by atoms with Crippen LogP contribution in [0.1, 0.15) is 41.0 Å². The third kappa shape index (κ3) is 0.522. The van der Waals surface area contributed by atoms with Crippen LogP contribution < -0.4 is 0 Å². The highest BCUT2D eigenvalue weighted by Crippen LogP contribution is 2.81. The van der Waals surface area contributed by atoms with E-state index in [9.17, 15) is 0 Å². The molecule has 0 heteroatoms. The summed E-state index contributed by atoms with van der Waals surface area (Å²) in [6.45, 7) is 12.2. The minimum absolute atomic E-state index is 0.643. The van der Waals surface area contributed by atoms with Crippen molar-refractivity contribution < 1.29 is 0 Å². The molecule has 2 fully saturated rings. The fourth-order valence-electron chi connectivity index (χ4n) is 4.47. The number of hydrogen-bond acceptors (Lipinski definition) is 0. The summed E-state index contributed by atoms with van der Waals surface area (Å²) in [5, 5.41) is 0. The van der Waals surface area contributed by atoms with Crippen LogP contribution in [0.3, 0.4) is 0 Å². The molecule has 0 bridgehead atoms. The van der Waals surface area contributed by atoms with Gasteiger partial charge < -0.3 is 0 Å². The summed E-state index contributed by atoms with van der Waals surface area (Å²) in [5.41, 5.74) is 1.39. The van der Waals surface area contributed by atoms with Crippen molar-refractivity contribution in [3.63, 3.8) is 0 Å². The molecule has 0 heterocycles. The maximum atomic E-state index is 2.45. The Labute approximate surface area is 70.4 Å². The van der Waals surface area contributed by atoms with Crippen LogP contribution in [-0.2, 0) is 0 Å². The zero-order valence-electron chi connectivity index (χ0n) is 8.44.